The summed E-state index contributed by atoms with van der Waals surface area (Å²) >= 11 is 0. The topological polar surface area (TPSA) is 189 Å². The van der Waals surface area contributed by atoms with Gasteiger partial charge in [-0.25, -0.2) is 8.42 Å². The van der Waals surface area contributed by atoms with E-state index in [1.165, 1.54) is 18.2 Å². The Morgan fingerprint density at radius 3 is 1.77 bits per heavy atom. The van der Waals surface area contributed by atoms with Crippen molar-refractivity contribution in [2.75, 3.05) is 28.9 Å². The highest BCUT2D eigenvalue weighted by atomic mass is 32.2. The molecule has 0 atom stereocenters. The molecule has 262 valence electrons. The summed E-state index contributed by atoms with van der Waals surface area (Å²) in [5, 5.41) is 24.5. The van der Waals surface area contributed by atoms with Gasteiger partial charge in [0.2, 0.25) is 13.6 Å². The average molecular weight is 730 g/mol. The molecule has 0 unspecified atom stereocenters. The van der Waals surface area contributed by atoms with E-state index in [0.717, 1.165) is 36.4 Å². The average Bonchev–Trinajstić information content (AvgIpc) is 3.79. The largest absolute Gasteiger partial charge is 0.454 e. The SMILES string of the molecule is N#C/C(=C/c1ccc2c(c1)OCO2)C(=O)Nc1ccc(S(=O)(=O)Nc2cccc(C(F)(F)F)c2)cc1NC(=O)/C(C#N)=C/c1ccc2c(c1)OCO2. The molecule has 0 radical (unpaired) electrons. The molecule has 4 aromatic carbocycles. The molecule has 2 heterocycles. The highest BCUT2D eigenvalue weighted by molar-refractivity contribution is 7.92. The second kappa shape index (κ2) is 14.1. The van der Waals surface area contributed by atoms with Crippen LogP contribution in [0.3, 0.4) is 0 Å². The normalized spacial score (nSPS) is 13.5. The Hall–Kier alpha value is -6.98. The molecule has 2 aliphatic rings. The second-order valence-corrected chi connectivity index (χ2v) is 12.5. The van der Waals surface area contributed by atoms with Crippen molar-refractivity contribution in [3.63, 3.8) is 0 Å². The summed E-state index contributed by atoms with van der Waals surface area (Å²) in [6.07, 6.45) is -2.26. The van der Waals surface area contributed by atoms with E-state index in [4.69, 9.17) is 18.9 Å². The van der Waals surface area contributed by atoms with E-state index in [0.29, 0.717) is 40.2 Å². The fourth-order valence-electron chi connectivity index (χ4n) is 4.89. The van der Waals surface area contributed by atoms with Crippen molar-refractivity contribution in [2.45, 2.75) is 11.1 Å². The van der Waals surface area contributed by atoms with E-state index < -0.39 is 49.7 Å². The Kier molecular flexibility index (Phi) is 9.45. The number of nitriles is 2. The van der Waals surface area contributed by atoms with Gasteiger partial charge in [0.05, 0.1) is 21.8 Å². The first kappa shape index (κ1) is 34.9. The second-order valence-electron chi connectivity index (χ2n) is 10.9. The summed E-state index contributed by atoms with van der Waals surface area (Å²) in [6.45, 7) is -0.00692. The summed E-state index contributed by atoms with van der Waals surface area (Å²) in [5.41, 5.74) is -2.05. The third-order valence-electron chi connectivity index (χ3n) is 7.39. The van der Waals surface area contributed by atoms with Gasteiger partial charge in [-0.05, 0) is 83.9 Å². The minimum atomic E-state index is -4.75. The number of carbonyl (C=O) groups excluding carboxylic acids is 2. The van der Waals surface area contributed by atoms with Gasteiger partial charge in [0.15, 0.2) is 23.0 Å². The third kappa shape index (κ3) is 7.75. The highest BCUT2D eigenvalue weighted by Crippen LogP contribution is 2.35. The molecule has 0 saturated heterocycles. The first-order valence-corrected chi connectivity index (χ1v) is 16.3. The molecule has 0 aromatic heterocycles. The highest BCUT2D eigenvalue weighted by Gasteiger charge is 2.31. The Morgan fingerprint density at radius 1 is 0.692 bits per heavy atom. The van der Waals surface area contributed by atoms with E-state index in [2.05, 4.69) is 15.4 Å². The number of rotatable bonds is 9. The summed E-state index contributed by atoms with van der Waals surface area (Å²) in [5.74, 6) is -0.264. The molecule has 13 nitrogen and oxygen atoms in total. The minimum absolute atomic E-state index is 0.00314. The lowest BCUT2D eigenvalue weighted by molar-refractivity contribution is -0.137. The van der Waals surface area contributed by atoms with Crippen LogP contribution in [0.5, 0.6) is 23.0 Å². The molecule has 4 aromatic rings. The fraction of sp³-hybridized carbons (Fsp3) is 0.0857. The zero-order valence-electron chi connectivity index (χ0n) is 26.3. The number of nitrogens with zero attached hydrogens (tertiary/aromatic N) is 2. The summed E-state index contributed by atoms with van der Waals surface area (Å²) in [7, 11) is -4.60. The number of alkyl halides is 3. The number of hydrogen-bond donors (Lipinski definition) is 3. The number of anilines is 3. The smallest absolute Gasteiger partial charge is 0.416 e. The molecule has 0 saturated carbocycles. The molecule has 52 heavy (non-hydrogen) atoms. The van der Waals surface area contributed by atoms with Crippen LogP contribution in [0.15, 0.2) is 94.9 Å². The molecular formula is C35H22F3N5O8S. The number of sulfonamides is 1. The van der Waals surface area contributed by atoms with Crippen LogP contribution in [0.4, 0.5) is 30.2 Å². The van der Waals surface area contributed by atoms with Gasteiger partial charge in [0, 0.05) is 5.69 Å². The number of halogens is 3. The van der Waals surface area contributed by atoms with Gasteiger partial charge in [0.1, 0.15) is 23.3 Å². The zero-order chi connectivity index (χ0) is 37.0. The molecule has 17 heteroatoms. The van der Waals surface area contributed by atoms with E-state index in [9.17, 15) is 41.7 Å². The van der Waals surface area contributed by atoms with Crippen molar-refractivity contribution >= 4 is 51.1 Å². The van der Waals surface area contributed by atoms with E-state index in [-0.39, 0.29) is 30.5 Å². The van der Waals surface area contributed by atoms with Crippen molar-refractivity contribution in [1.82, 2.24) is 0 Å². The lowest BCUT2D eigenvalue weighted by Crippen LogP contribution is -2.20. The van der Waals surface area contributed by atoms with Gasteiger partial charge in [-0.1, -0.05) is 18.2 Å². The molecule has 3 N–H and O–H groups in total. The summed E-state index contributed by atoms with van der Waals surface area (Å²) < 4.78 is 89.8. The predicted molar refractivity (Wildman–Crippen MR) is 178 cm³/mol. The number of ether oxygens (including phenoxy) is 4. The third-order valence-corrected chi connectivity index (χ3v) is 8.76. The standard InChI is InChI=1S/C35H22F3N5O8S/c36-35(37,38)24-2-1-3-25(14-24)43-52(46,47)26-6-7-27(41-33(44)22(16-39)10-20-4-8-29-31(12-20)50-18-48-29)28(15-26)42-34(45)23(17-40)11-21-5-9-30-32(13-21)51-19-49-30/h1-15,43H,18-19H2,(H,41,44)(H,42,45)/b22-10-,23-11+. The van der Waals surface area contributed by atoms with Crippen molar-refractivity contribution in [2.24, 2.45) is 0 Å². The van der Waals surface area contributed by atoms with Gasteiger partial charge in [-0.15, -0.1) is 0 Å². The fourth-order valence-corrected chi connectivity index (χ4v) is 5.97. The van der Waals surface area contributed by atoms with E-state index in [1.807, 2.05) is 0 Å². The number of benzene rings is 4. The molecule has 0 aliphatic carbocycles. The van der Waals surface area contributed by atoms with Crippen molar-refractivity contribution < 1.29 is 50.1 Å². The molecule has 0 fully saturated rings. The lowest BCUT2D eigenvalue weighted by Gasteiger charge is -2.15. The van der Waals surface area contributed by atoms with Crippen molar-refractivity contribution in [3.05, 3.63) is 107 Å². The monoisotopic (exact) mass is 729 g/mol. The van der Waals surface area contributed by atoms with Gasteiger partial charge in [-0.2, -0.15) is 23.7 Å². The van der Waals surface area contributed by atoms with E-state index in [1.54, 1.807) is 42.5 Å². The van der Waals surface area contributed by atoms with Gasteiger partial charge in [-0.3, -0.25) is 14.3 Å². The quantitative estimate of drug-likeness (QED) is 0.135. The molecule has 0 spiro atoms. The maximum Gasteiger partial charge on any atom is 0.416 e. The Morgan fingerprint density at radius 2 is 1.23 bits per heavy atom. The molecule has 2 amide bonds. The number of carbonyl (C=O) groups is 2. The molecule has 6 rings (SSSR count). The Labute approximate surface area is 293 Å². The Balaban J connectivity index is 1.32. The number of hydrogen-bond acceptors (Lipinski definition) is 10. The molecule has 0 bridgehead atoms. The summed E-state index contributed by atoms with van der Waals surface area (Å²) in [4.78, 5) is 26.2. The lowest BCUT2D eigenvalue weighted by atomic mass is 10.1. The zero-order valence-corrected chi connectivity index (χ0v) is 27.1. The van der Waals surface area contributed by atoms with Crippen LogP contribution >= 0.6 is 0 Å². The predicted octanol–water partition coefficient (Wildman–Crippen LogP) is 6.05. The van der Waals surface area contributed by atoms with Crippen molar-refractivity contribution in [3.8, 4) is 35.1 Å². The van der Waals surface area contributed by atoms with Crippen LogP contribution in [-0.2, 0) is 25.8 Å². The van der Waals surface area contributed by atoms with Crippen LogP contribution in [0, 0.1) is 22.7 Å². The number of amides is 2. The summed E-state index contributed by atoms with van der Waals surface area (Å²) in [6, 6.07) is 19.5. The van der Waals surface area contributed by atoms with Gasteiger partial charge in [0.25, 0.3) is 21.8 Å². The number of nitrogens with one attached hydrogen (secondary N) is 3. The maximum absolute atomic E-state index is 13.4. The van der Waals surface area contributed by atoms with E-state index >= 15 is 0 Å². The molecule has 2 aliphatic heterocycles. The van der Waals surface area contributed by atoms with Crippen LogP contribution in [-0.4, -0.2) is 33.8 Å². The van der Waals surface area contributed by atoms with Crippen LogP contribution in [0.2, 0.25) is 0 Å². The van der Waals surface area contributed by atoms with Gasteiger partial charge >= 0.3 is 6.18 Å². The molecular weight excluding hydrogens is 707 g/mol. The van der Waals surface area contributed by atoms with Crippen LogP contribution in [0.25, 0.3) is 12.2 Å². The van der Waals surface area contributed by atoms with Crippen LogP contribution in [0.1, 0.15) is 16.7 Å². The van der Waals surface area contributed by atoms with Crippen LogP contribution < -0.4 is 34.3 Å². The first-order valence-electron chi connectivity index (χ1n) is 14.8. The minimum Gasteiger partial charge on any atom is -0.454 e. The number of fused-ring (bicyclic) bond motifs is 2. The van der Waals surface area contributed by atoms with Crippen molar-refractivity contribution in [1.29, 1.82) is 10.5 Å². The first-order chi connectivity index (χ1) is 24.8. The Bertz CT molecular complexity index is 2380. The van der Waals surface area contributed by atoms with Gasteiger partial charge < -0.3 is 29.6 Å². The maximum atomic E-state index is 13.4.